The molecule has 1 aliphatic heterocycles. The standard InChI is InChI=1S/C29H27N3O7S/c1-4-38-25-14-20(9-10-24(25)39-17-21-7-5-6-8-23(21)32(36)37)15-26-28(34)31(29(35)40-26)16-27(33)30-22-12-18(2)11-19(3)13-22/h5-15H,4,16-17H2,1-3H3,(H,30,33)/b26-15+. The quantitative estimate of drug-likeness (QED) is 0.185. The molecule has 0 spiro atoms. The van der Waals surface area contributed by atoms with Crippen molar-refractivity contribution < 1.29 is 28.8 Å². The molecule has 0 atom stereocenters. The van der Waals surface area contributed by atoms with E-state index >= 15 is 0 Å². The number of rotatable bonds is 10. The van der Waals surface area contributed by atoms with Gasteiger partial charge in [-0.15, -0.1) is 0 Å². The maximum atomic E-state index is 13.0. The van der Waals surface area contributed by atoms with E-state index < -0.39 is 28.5 Å². The Morgan fingerprint density at radius 3 is 2.45 bits per heavy atom. The fourth-order valence-corrected chi connectivity index (χ4v) is 4.99. The number of carbonyl (C=O) groups is 3. The molecule has 0 aliphatic carbocycles. The fraction of sp³-hybridized carbons (Fsp3) is 0.207. The first-order chi connectivity index (χ1) is 19.1. The van der Waals surface area contributed by atoms with E-state index in [0.29, 0.717) is 34.9 Å². The molecule has 1 heterocycles. The molecule has 206 valence electrons. The molecule has 1 fully saturated rings. The van der Waals surface area contributed by atoms with Gasteiger partial charge in [0.1, 0.15) is 13.2 Å². The van der Waals surface area contributed by atoms with E-state index in [9.17, 15) is 24.5 Å². The second-order valence-corrected chi connectivity index (χ2v) is 10.00. The highest BCUT2D eigenvalue weighted by Crippen LogP contribution is 2.35. The van der Waals surface area contributed by atoms with Crippen molar-refractivity contribution in [3.05, 3.63) is 97.9 Å². The monoisotopic (exact) mass is 561 g/mol. The van der Waals surface area contributed by atoms with Crippen molar-refractivity contribution in [1.29, 1.82) is 0 Å². The summed E-state index contributed by atoms with van der Waals surface area (Å²) in [6, 6.07) is 16.9. The number of aryl methyl sites for hydroxylation is 2. The summed E-state index contributed by atoms with van der Waals surface area (Å²) in [5.74, 6) is -0.303. The van der Waals surface area contributed by atoms with Crippen LogP contribution >= 0.6 is 11.8 Å². The summed E-state index contributed by atoms with van der Waals surface area (Å²) in [5.41, 5.74) is 3.50. The molecule has 0 bridgehead atoms. The normalized spacial score (nSPS) is 14.0. The van der Waals surface area contributed by atoms with E-state index in [1.54, 1.807) is 49.4 Å². The minimum atomic E-state index is -0.569. The highest BCUT2D eigenvalue weighted by Gasteiger charge is 2.36. The summed E-state index contributed by atoms with van der Waals surface area (Å²) >= 11 is 0.748. The van der Waals surface area contributed by atoms with Gasteiger partial charge in [0.25, 0.3) is 16.8 Å². The summed E-state index contributed by atoms with van der Waals surface area (Å²) in [4.78, 5) is 50.0. The number of ether oxygens (including phenoxy) is 2. The zero-order chi connectivity index (χ0) is 28.8. The summed E-state index contributed by atoms with van der Waals surface area (Å²) in [6.07, 6.45) is 1.54. The SMILES string of the molecule is CCOc1cc(/C=C2/SC(=O)N(CC(=O)Nc3cc(C)cc(C)c3)C2=O)ccc1OCc1ccccc1[N+](=O)[O-]. The Hall–Kier alpha value is -4.64. The molecular formula is C29H27N3O7S. The number of para-hydroxylation sites is 1. The number of hydrogen-bond donors (Lipinski definition) is 1. The number of nitro groups is 1. The third-order valence-corrected chi connectivity index (χ3v) is 6.73. The van der Waals surface area contributed by atoms with Crippen molar-refractivity contribution in [2.24, 2.45) is 0 Å². The Morgan fingerprint density at radius 1 is 1.02 bits per heavy atom. The van der Waals surface area contributed by atoms with Gasteiger partial charge in [0, 0.05) is 11.8 Å². The van der Waals surface area contributed by atoms with Crippen LogP contribution in [-0.4, -0.2) is 40.0 Å². The average molecular weight is 562 g/mol. The topological polar surface area (TPSA) is 128 Å². The summed E-state index contributed by atoms with van der Waals surface area (Å²) in [7, 11) is 0. The van der Waals surface area contributed by atoms with Crippen LogP contribution in [0, 0.1) is 24.0 Å². The smallest absolute Gasteiger partial charge is 0.294 e. The molecule has 10 nitrogen and oxygen atoms in total. The second kappa shape index (κ2) is 12.5. The first kappa shape index (κ1) is 28.4. The molecule has 0 unspecified atom stereocenters. The maximum Gasteiger partial charge on any atom is 0.294 e. The number of imide groups is 1. The Labute approximate surface area is 235 Å². The third kappa shape index (κ3) is 6.86. The van der Waals surface area contributed by atoms with E-state index in [1.165, 1.54) is 6.07 Å². The minimum absolute atomic E-state index is 0.0420. The highest BCUT2D eigenvalue weighted by molar-refractivity contribution is 8.18. The lowest BCUT2D eigenvalue weighted by Crippen LogP contribution is -2.36. The molecule has 0 saturated carbocycles. The van der Waals surface area contributed by atoms with Gasteiger partial charge in [-0.05, 0) is 85.6 Å². The first-order valence-electron chi connectivity index (χ1n) is 12.4. The predicted octanol–water partition coefficient (Wildman–Crippen LogP) is 5.86. The number of anilines is 1. The molecule has 3 amide bonds. The van der Waals surface area contributed by atoms with Crippen LogP contribution < -0.4 is 14.8 Å². The molecule has 3 aromatic rings. The Balaban J connectivity index is 1.46. The summed E-state index contributed by atoms with van der Waals surface area (Å²) < 4.78 is 11.5. The number of nitrogens with one attached hydrogen (secondary N) is 1. The molecule has 4 rings (SSSR count). The zero-order valence-corrected chi connectivity index (χ0v) is 22.9. The second-order valence-electron chi connectivity index (χ2n) is 9.01. The van der Waals surface area contributed by atoms with Crippen molar-refractivity contribution in [1.82, 2.24) is 4.90 Å². The number of nitro benzene ring substituents is 1. The van der Waals surface area contributed by atoms with Gasteiger partial charge in [-0.2, -0.15) is 0 Å². The van der Waals surface area contributed by atoms with E-state index in [-0.39, 0.29) is 17.2 Å². The van der Waals surface area contributed by atoms with Crippen molar-refractivity contribution in [2.45, 2.75) is 27.4 Å². The Bertz CT molecular complexity index is 1500. The van der Waals surface area contributed by atoms with Gasteiger partial charge >= 0.3 is 0 Å². The summed E-state index contributed by atoms with van der Waals surface area (Å²) in [5, 5.41) is 13.5. The van der Waals surface area contributed by atoms with E-state index in [4.69, 9.17) is 9.47 Å². The van der Waals surface area contributed by atoms with Crippen LogP contribution in [0.15, 0.2) is 65.6 Å². The van der Waals surface area contributed by atoms with Crippen LogP contribution in [0.2, 0.25) is 0 Å². The molecule has 1 N–H and O–H groups in total. The van der Waals surface area contributed by atoms with Crippen molar-refractivity contribution in [3.8, 4) is 11.5 Å². The van der Waals surface area contributed by atoms with E-state index in [1.807, 2.05) is 32.0 Å². The molecule has 0 radical (unpaired) electrons. The van der Waals surface area contributed by atoms with Crippen LogP contribution in [0.3, 0.4) is 0 Å². The molecular weight excluding hydrogens is 534 g/mol. The lowest BCUT2D eigenvalue weighted by molar-refractivity contribution is -0.385. The van der Waals surface area contributed by atoms with E-state index in [0.717, 1.165) is 27.8 Å². The van der Waals surface area contributed by atoms with Gasteiger partial charge in [-0.25, -0.2) is 0 Å². The van der Waals surface area contributed by atoms with Crippen LogP contribution in [0.1, 0.15) is 29.2 Å². The number of thioether (sulfide) groups is 1. The Morgan fingerprint density at radius 2 is 1.75 bits per heavy atom. The van der Waals surface area contributed by atoms with Gasteiger partial charge in [0.15, 0.2) is 11.5 Å². The van der Waals surface area contributed by atoms with Gasteiger partial charge < -0.3 is 14.8 Å². The number of hydrogen-bond acceptors (Lipinski definition) is 8. The molecule has 1 aliphatic rings. The number of nitrogens with zero attached hydrogens (tertiary/aromatic N) is 2. The zero-order valence-electron chi connectivity index (χ0n) is 22.1. The van der Waals surface area contributed by atoms with Crippen LogP contribution in [-0.2, 0) is 16.2 Å². The highest BCUT2D eigenvalue weighted by atomic mass is 32.2. The lowest BCUT2D eigenvalue weighted by atomic mass is 10.1. The lowest BCUT2D eigenvalue weighted by Gasteiger charge is -2.13. The number of carbonyl (C=O) groups excluding carboxylic acids is 3. The van der Waals surface area contributed by atoms with Gasteiger partial charge in [0.05, 0.1) is 22.0 Å². The molecule has 3 aromatic carbocycles. The number of amides is 3. The predicted molar refractivity (Wildman–Crippen MR) is 152 cm³/mol. The van der Waals surface area contributed by atoms with Crippen LogP contribution in [0.5, 0.6) is 11.5 Å². The fourth-order valence-electron chi connectivity index (χ4n) is 4.15. The van der Waals surface area contributed by atoms with Gasteiger partial charge in [-0.3, -0.25) is 29.4 Å². The van der Waals surface area contributed by atoms with E-state index in [2.05, 4.69) is 5.32 Å². The minimum Gasteiger partial charge on any atom is -0.490 e. The molecule has 40 heavy (non-hydrogen) atoms. The van der Waals surface area contributed by atoms with Crippen LogP contribution in [0.25, 0.3) is 6.08 Å². The van der Waals surface area contributed by atoms with Gasteiger partial charge in [0.2, 0.25) is 5.91 Å². The third-order valence-electron chi connectivity index (χ3n) is 5.82. The Kier molecular flexibility index (Phi) is 8.85. The molecule has 1 saturated heterocycles. The first-order valence-corrected chi connectivity index (χ1v) is 13.2. The largest absolute Gasteiger partial charge is 0.490 e. The molecule has 11 heteroatoms. The van der Waals surface area contributed by atoms with Gasteiger partial charge in [-0.1, -0.05) is 24.3 Å². The van der Waals surface area contributed by atoms with Crippen molar-refractivity contribution >= 4 is 46.3 Å². The van der Waals surface area contributed by atoms with Crippen molar-refractivity contribution in [2.75, 3.05) is 18.5 Å². The van der Waals surface area contributed by atoms with Crippen LogP contribution in [0.4, 0.5) is 16.2 Å². The number of benzene rings is 3. The summed E-state index contributed by atoms with van der Waals surface area (Å²) in [6.45, 7) is 5.51. The average Bonchev–Trinajstić information content (AvgIpc) is 3.15. The molecule has 0 aromatic heterocycles. The van der Waals surface area contributed by atoms with Crippen molar-refractivity contribution in [3.63, 3.8) is 0 Å². The maximum absolute atomic E-state index is 13.0.